The van der Waals surface area contributed by atoms with Crippen LogP contribution in [-0.2, 0) is 4.79 Å². The van der Waals surface area contributed by atoms with Crippen LogP contribution in [0.3, 0.4) is 0 Å². The Morgan fingerprint density at radius 2 is 2.42 bits per heavy atom. The molecule has 0 aliphatic rings. The van der Waals surface area contributed by atoms with Crippen molar-refractivity contribution in [2.75, 3.05) is 0 Å². The average Bonchev–Trinajstić information content (AvgIpc) is 2.04. The Morgan fingerprint density at radius 3 is 2.92 bits per heavy atom. The van der Waals surface area contributed by atoms with E-state index < -0.39 is 11.9 Å². The first-order valence-electron chi connectivity index (χ1n) is 3.45. The van der Waals surface area contributed by atoms with Crippen LogP contribution in [0.15, 0.2) is 22.9 Å². The summed E-state index contributed by atoms with van der Waals surface area (Å²) >= 11 is 3.24. The van der Waals surface area contributed by atoms with Crippen LogP contribution in [0.2, 0.25) is 0 Å². The number of carboxylic acids is 1. The number of carbonyl (C=O) groups is 1. The molecule has 4 heteroatoms. The van der Waals surface area contributed by atoms with E-state index in [1.54, 1.807) is 25.4 Å². The summed E-state index contributed by atoms with van der Waals surface area (Å²) in [6.07, 6.45) is 3.17. The smallest absolute Gasteiger partial charge is 0.310 e. The monoisotopic (exact) mass is 229 g/mol. The quantitative estimate of drug-likeness (QED) is 0.845. The highest BCUT2D eigenvalue weighted by atomic mass is 79.9. The Balaban J connectivity index is 3.02. The van der Waals surface area contributed by atoms with Gasteiger partial charge in [0.15, 0.2) is 0 Å². The number of aromatic nitrogens is 1. The molecule has 0 aliphatic heterocycles. The van der Waals surface area contributed by atoms with Gasteiger partial charge < -0.3 is 5.11 Å². The van der Waals surface area contributed by atoms with Crippen LogP contribution >= 0.6 is 15.9 Å². The first kappa shape index (κ1) is 9.19. The Labute approximate surface area is 78.6 Å². The van der Waals surface area contributed by atoms with Crippen molar-refractivity contribution in [3.05, 3.63) is 28.5 Å². The lowest BCUT2D eigenvalue weighted by molar-refractivity contribution is -0.138. The topological polar surface area (TPSA) is 50.2 Å². The summed E-state index contributed by atoms with van der Waals surface area (Å²) in [7, 11) is 0. The number of halogens is 1. The van der Waals surface area contributed by atoms with Crippen molar-refractivity contribution >= 4 is 21.9 Å². The molecule has 64 valence electrons. The highest BCUT2D eigenvalue weighted by molar-refractivity contribution is 9.10. The molecule has 0 saturated heterocycles. The molecule has 0 radical (unpaired) electrons. The first-order valence-corrected chi connectivity index (χ1v) is 4.24. The van der Waals surface area contributed by atoms with Crippen LogP contribution < -0.4 is 0 Å². The lowest BCUT2D eigenvalue weighted by Gasteiger charge is -2.07. The molecule has 12 heavy (non-hydrogen) atoms. The van der Waals surface area contributed by atoms with Gasteiger partial charge in [-0.25, -0.2) is 0 Å². The number of hydrogen-bond acceptors (Lipinski definition) is 2. The van der Waals surface area contributed by atoms with Crippen molar-refractivity contribution in [1.82, 2.24) is 4.98 Å². The number of nitrogens with zero attached hydrogens (tertiary/aromatic N) is 1. The van der Waals surface area contributed by atoms with Crippen molar-refractivity contribution < 1.29 is 9.90 Å². The molecule has 0 spiro atoms. The zero-order valence-electron chi connectivity index (χ0n) is 6.49. The lowest BCUT2D eigenvalue weighted by Crippen LogP contribution is -2.07. The highest BCUT2D eigenvalue weighted by Crippen LogP contribution is 2.23. The number of carboxylic acid groups (broad SMARTS) is 1. The summed E-state index contributed by atoms with van der Waals surface area (Å²) in [6.45, 7) is 1.64. The summed E-state index contributed by atoms with van der Waals surface area (Å²) in [6, 6.07) is 1.70. The predicted molar refractivity (Wildman–Crippen MR) is 48.0 cm³/mol. The lowest BCUT2D eigenvalue weighted by atomic mass is 10.0. The van der Waals surface area contributed by atoms with Crippen LogP contribution in [0.5, 0.6) is 0 Å². The zero-order chi connectivity index (χ0) is 9.14. The number of hydrogen-bond donors (Lipinski definition) is 1. The summed E-state index contributed by atoms with van der Waals surface area (Å²) < 4.78 is 0.736. The van der Waals surface area contributed by atoms with Gasteiger partial charge in [-0.05, 0) is 34.5 Å². The van der Waals surface area contributed by atoms with Gasteiger partial charge in [-0.2, -0.15) is 0 Å². The molecular formula is C8H8BrNO2. The molecule has 1 atom stereocenters. The van der Waals surface area contributed by atoms with E-state index in [1.807, 2.05) is 0 Å². The molecule has 1 N–H and O–H groups in total. The van der Waals surface area contributed by atoms with Gasteiger partial charge in [0.1, 0.15) is 0 Å². The van der Waals surface area contributed by atoms with Crippen LogP contribution in [0.1, 0.15) is 18.4 Å². The third-order valence-electron chi connectivity index (χ3n) is 1.64. The summed E-state index contributed by atoms with van der Waals surface area (Å²) in [4.78, 5) is 14.5. The maximum atomic E-state index is 10.6. The van der Waals surface area contributed by atoms with Gasteiger partial charge in [-0.3, -0.25) is 9.78 Å². The Bertz CT molecular complexity index is 301. The normalized spacial score (nSPS) is 12.5. The standard InChI is InChI=1S/C8H8BrNO2/c1-5(8(11)12)6-2-3-10-4-7(6)9/h2-5H,1H3,(H,11,12). The molecular weight excluding hydrogens is 222 g/mol. The summed E-state index contributed by atoms with van der Waals surface area (Å²) in [5.74, 6) is -1.33. The van der Waals surface area contributed by atoms with E-state index in [2.05, 4.69) is 20.9 Å². The number of pyridine rings is 1. The SMILES string of the molecule is CC(C(=O)O)c1ccncc1Br. The molecule has 3 nitrogen and oxygen atoms in total. The zero-order valence-corrected chi connectivity index (χ0v) is 8.08. The van der Waals surface area contributed by atoms with Crippen molar-refractivity contribution in [2.24, 2.45) is 0 Å². The second-order valence-corrected chi connectivity index (χ2v) is 3.31. The Morgan fingerprint density at radius 1 is 1.75 bits per heavy atom. The van der Waals surface area contributed by atoms with Crippen LogP contribution in [0.4, 0.5) is 0 Å². The van der Waals surface area contributed by atoms with Crippen LogP contribution in [0, 0.1) is 0 Å². The molecule has 1 aromatic heterocycles. The largest absolute Gasteiger partial charge is 0.481 e. The van der Waals surface area contributed by atoms with E-state index in [4.69, 9.17) is 5.11 Å². The van der Waals surface area contributed by atoms with E-state index in [1.165, 1.54) is 0 Å². The second kappa shape index (κ2) is 3.67. The van der Waals surface area contributed by atoms with E-state index in [0.29, 0.717) is 0 Å². The fourth-order valence-electron chi connectivity index (χ4n) is 0.870. The molecule has 0 aromatic carbocycles. The minimum Gasteiger partial charge on any atom is -0.481 e. The predicted octanol–water partition coefficient (Wildman–Crippen LogP) is 2.03. The fourth-order valence-corrected chi connectivity index (χ4v) is 1.46. The maximum Gasteiger partial charge on any atom is 0.310 e. The molecule has 1 rings (SSSR count). The molecule has 0 bridgehead atoms. The first-order chi connectivity index (χ1) is 5.63. The molecule has 0 saturated carbocycles. The molecule has 1 aromatic rings. The van der Waals surface area contributed by atoms with Gasteiger partial charge in [-0.1, -0.05) is 0 Å². The van der Waals surface area contributed by atoms with E-state index in [0.717, 1.165) is 10.0 Å². The number of rotatable bonds is 2. The average molecular weight is 230 g/mol. The third kappa shape index (κ3) is 1.82. The third-order valence-corrected chi connectivity index (χ3v) is 2.30. The Kier molecular flexibility index (Phi) is 2.81. The number of aliphatic carboxylic acids is 1. The van der Waals surface area contributed by atoms with Crippen molar-refractivity contribution in [1.29, 1.82) is 0 Å². The van der Waals surface area contributed by atoms with Crippen LogP contribution in [-0.4, -0.2) is 16.1 Å². The Hall–Kier alpha value is -0.900. The van der Waals surface area contributed by atoms with Crippen molar-refractivity contribution in [3.63, 3.8) is 0 Å². The van der Waals surface area contributed by atoms with Gasteiger partial charge in [-0.15, -0.1) is 0 Å². The van der Waals surface area contributed by atoms with Crippen molar-refractivity contribution in [3.8, 4) is 0 Å². The van der Waals surface area contributed by atoms with E-state index in [-0.39, 0.29) is 0 Å². The van der Waals surface area contributed by atoms with Crippen LogP contribution in [0.25, 0.3) is 0 Å². The maximum absolute atomic E-state index is 10.6. The summed E-state index contributed by atoms with van der Waals surface area (Å²) in [5, 5.41) is 8.72. The fraction of sp³-hybridized carbons (Fsp3) is 0.250. The van der Waals surface area contributed by atoms with Gasteiger partial charge >= 0.3 is 5.97 Å². The van der Waals surface area contributed by atoms with Gasteiger partial charge in [0.05, 0.1) is 5.92 Å². The molecule has 0 fully saturated rings. The molecule has 1 heterocycles. The molecule has 0 aliphatic carbocycles. The summed E-state index contributed by atoms with van der Waals surface area (Å²) in [5.41, 5.74) is 0.748. The second-order valence-electron chi connectivity index (χ2n) is 2.46. The minimum atomic E-state index is -0.832. The minimum absolute atomic E-state index is 0.498. The van der Waals surface area contributed by atoms with Gasteiger partial charge in [0, 0.05) is 16.9 Å². The molecule has 0 amide bonds. The van der Waals surface area contributed by atoms with Gasteiger partial charge in [0.25, 0.3) is 0 Å². The van der Waals surface area contributed by atoms with Crippen molar-refractivity contribution in [2.45, 2.75) is 12.8 Å². The van der Waals surface area contributed by atoms with E-state index >= 15 is 0 Å². The van der Waals surface area contributed by atoms with Gasteiger partial charge in [0.2, 0.25) is 0 Å². The highest BCUT2D eigenvalue weighted by Gasteiger charge is 2.15. The molecule has 1 unspecified atom stereocenters. The van der Waals surface area contributed by atoms with E-state index in [9.17, 15) is 4.79 Å².